The average Bonchev–Trinajstić information content (AvgIpc) is 2.80. The van der Waals surface area contributed by atoms with E-state index in [1.165, 1.54) is 16.9 Å². The third-order valence-corrected chi connectivity index (χ3v) is 5.60. The van der Waals surface area contributed by atoms with Gasteiger partial charge >= 0.3 is 0 Å². The van der Waals surface area contributed by atoms with Gasteiger partial charge in [0.1, 0.15) is 10.7 Å². The molecular formula is C16H21ClN2OS. The fourth-order valence-electron chi connectivity index (χ4n) is 3.20. The van der Waals surface area contributed by atoms with Crippen molar-refractivity contribution in [3.05, 3.63) is 26.6 Å². The van der Waals surface area contributed by atoms with Gasteiger partial charge < -0.3 is 0 Å². The molecule has 5 heteroatoms. The molecule has 1 aliphatic rings. The number of hydrogen-bond acceptors (Lipinski definition) is 3. The summed E-state index contributed by atoms with van der Waals surface area (Å²) in [6, 6.07) is 0. The lowest BCUT2D eigenvalue weighted by Gasteiger charge is -2.17. The fourth-order valence-corrected chi connectivity index (χ4v) is 4.76. The van der Waals surface area contributed by atoms with Crippen LogP contribution in [0.25, 0.3) is 10.2 Å². The van der Waals surface area contributed by atoms with E-state index in [0.717, 1.165) is 41.8 Å². The molecule has 0 amide bonds. The first-order valence-electron chi connectivity index (χ1n) is 7.75. The van der Waals surface area contributed by atoms with Crippen molar-refractivity contribution >= 4 is 33.2 Å². The Labute approximate surface area is 134 Å². The highest BCUT2D eigenvalue weighted by Gasteiger charge is 2.24. The molecule has 2 heterocycles. The molecule has 21 heavy (non-hydrogen) atoms. The van der Waals surface area contributed by atoms with Crippen molar-refractivity contribution < 1.29 is 0 Å². The zero-order valence-electron chi connectivity index (χ0n) is 12.6. The molecule has 1 atom stereocenters. The number of aryl methyl sites for hydroxylation is 2. The van der Waals surface area contributed by atoms with Crippen molar-refractivity contribution in [3.63, 3.8) is 0 Å². The second kappa shape index (κ2) is 6.09. The Hall–Kier alpha value is -0.870. The van der Waals surface area contributed by atoms with Crippen LogP contribution < -0.4 is 5.56 Å². The smallest absolute Gasteiger partial charge is 0.262 e. The molecular weight excluding hydrogens is 304 g/mol. The van der Waals surface area contributed by atoms with Crippen LogP contribution in [0.3, 0.4) is 0 Å². The Morgan fingerprint density at radius 2 is 2.29 bits per heavy atom. The topological polar surface area (TPSA) is 34.9 Å². The van der Waals surface area contributed by atoms with Gasteiger partial charge in [-0.05, 0) is 37.2 Å². The van der Waals surface area contributed by atoms with E-state index in [2.05, 4.69) is 13.8 Å². The van der Waals surface area contributed by atoms with Crippen LogP contribution in [-0.2, 0) is 25.8 Å². The van der Waals surface area contributed by atoms with Crippen molar-refractivity contribution in [3.8, 4) is 0 Å². The predicted octanol–water partition coefficient (Wildman–Crippen LogP) is 3.77. The molecule has 0 aliphatic heterocycles. The van der Waals surface area contributed by atoms with Crippen molar-refractivity contribution in [1.29, 1.82) is 0 Å². The van der Waals surface area contributed by atoms with Crippen molar-refractivity contribution in [1.82, 2.24) is 9.55 Å². The summed E-state index contributed by atoms with van der Waals surface area (Å²) in [5.74, 6) is 2.06. The molecule has 1 aliphatic carbocycles. The zero-order valence-corrected chi connectivity index (χ0v) is 14.2. The van der Waals surface area contributed by atoms with E-state index >= 15 is 0 Å². The van der Waals surface area contributed by atoms with Crippen LogP contribution >= 0.6 is 22.9 Å². The van der Waals surface area contributed by atoms with Crippen LogP contribution in [-0.4, -0.2) is 15.4 Å². The maximum atomic E-state index is 12.9. The van der Waals surface area contributed by atoms with Crippen LogP contribution in [0.1, 0.15) is 43.0 Å². The Balaban J connectivity index is 2.23. The minimum absolute atomic E-state index is 0.147. The van der Waals surface area contributed by atoms with Gasteiger partial charge in [0.05, 0.1) is 5.39 Å². The summed E-state index contributed by atoms with van der Waals surface area (Å²) in [6.07, 6.45) is 4.88. The summed E-state index contributed by atoms with van der Waals surface area (Å²) < 4.78 is 1.84. The Bertz CT molecular complexity index is 719. The fraction of sp³-hybridized carbons (Fsp3) is 0.625. The van der Waals surface area contributed by atoms with Crippen LogP contribution in [0, 0.1) is 5.92 Å². The van der Waals surface area contributed by atoms with Gasteiger partial charge in [-0.25, -0.2) is 4.98 Å². The minimum atomic E-state index is 0.147. The summed E-state index contributed by atoms with van der Waals surface area (Å²) in [5, 5.41) is 0.883. The quantitative estimate of drug-likeness (QED) is 0.802. The summed E-state index contributed by atoms with van der Waals surface area (Å²) >= 11 is 7.60. The van der Waals surface area contributed by atoms with E-state index in [4.69, 9.17) is 16.6 Å². The lowest BCUT2D eigenvalue weighted by Crippen LogP contribution is -2.26. The Kier molecular flexibility index (Phi) is 4.36. The Morgan fingerprint density at radius 3 is 3.00 bits per heavy atom. The average molecular weight is 325 g/mol. The first-order chi connectivity index (χ1) is 10.2. The van der Waals surface area contributed by atoms with Gasteiger partial charge in [-0.2, -0.15) is 0 Å². The molecule has 2 aromatic heterocycles. The first kappa shape index (κ1) is 15.0. The lowest BCUT2D eigenvalue weighted by molar-refractivity contribution is 0.509. The molecule has 0 aromatic carbocycles. The van der Waals surface area contributed by atoms with Crippen LogP contribution in [0.2, 0.25) is 0 Å². The van der Waals surface area contributed by atoms with E-state index in [0.29, 0.717) is 18.2 Å². The van der Waals surface area contributed by atoms with Crippen LogP contribution in [0.5, 0.6) is 0 Å². The summed E-state index contributed by atoms with van der Waals surface area (Å²) in [4.78, 5) is 20.0. The van der Waals surface area contributed by atoms with E-state index in [1.807, 2.05) is 4.57 Å². The minimum Gasteiger partial charge on any atom is -0.296 e. The van der Waals surface area contributed by atoms with Gasteiger partial charge in [0.2, 0.25) is 0 Å². The van der Waals surface area contributed by atoms with E-state index < -0.39 is 0 Å². The maximum Gasteiger partial charge on any atom is 0.262 e. The monoisotopic (exact) mass is 324 g/mol. The SMILES string of the molecule is CCCn1c(CCCl)nc2sc3c(c2c1=O)CCC(C)C3. The highest BCUT2D eigenvalue weighted by Crippen LogP contribution is 2.35. The highest BCUT2D eigenvalue weighted by atomic mass is 35.5. The number of rotatable bonds is 4. The predicted molar refractivity (Wildman–Crippen MR) is 89.8 cm³/mol. The molecule has 0 saturated heterocycles. The molecule has 0 radical (unpaired) electrons. The highest BCUT2D eigenvalue weighted by molar-refractivity contribution is 7.18. The zero-order chi connectivity index (χ0) is 15.0. The van der Waals surface area contributed by atoms with Gasteiger partial charge in [-0.1, -0.05) is 13.8 Å². The molecule has 0 fully saturated rings. The number of aromatic nitrogens is 2. The van der Waals surface area contributed by atoms with Crippen molar-refractivity contribution in [2.24, 2.45) is 5.92 Å². The molecule has 3 nitrogen and oxygen atoms in total. The molecule has 0 N–H and O–H groups in total. The molecule has 0 bridgehead atoms. The van der Waals surface area contributed by atoms with E-state index in [1.54, 1.807) is 11.3 Å². The van der Waals surface area contributed by atoms with Crippen molar-refractivity contribution in [2.75, 3.05) is 5.88 Å². The standard InChI is InChI=1S/C16H21ClN2OS/c1-3-8-19-13(6-7-17)18-15-14(16(19)20)11-5-4-10(2)9-12(11)21-15/h10H,3-9H2,1-2H3. The van der Waals surface area contributed by atoms with Crippen LogP contribution in [0.15, 0.2) is 4.79 Å². The number of fused-ring (bicyclic) bond motifs is 3. The summed E-state index contributed by atoms with van der Waals surface area (Å²) in [6.45, 7) is 5.11. The Morgan fingerprint density at radius 1 is 1.48 bits per heavy atom. The van der Waals surface area contributed by atoms with Gasteiger partial charge in [-0.15, -0.1) is 22.9 Å². The van der Waals surface area contributed by atoms with Gasteiger partial charge in [-0.3, -0.25) is 9.36 Å². The number of nitrogens with zero attached hydrogens (tertiary/aromatic N) is 2. The van der Waals surface area contributed by atoms with Crippen LogP contribution in [0.4, 0.5) is 0 Å². The van der Waals surface area contributed by atoms with Gasteiger partial charge in [0.25, 0.3) is 5.56 Å². The molecule has 0 spiro atoms. The second-order valence-electron chi connectivity index (χ2n) is 5.96. The van der Waals surface area contributed by atoms with Gasteiger partial charge in [0, 0.05) is 23.7 Å². The van der Waals surface area contributed by atoms with E-state index in [-0.39, 0.29) is 5.56 Å². The van der Waals surface area contributed by atoms with E-state index in [9.17, 15) is 4.79 Å². The first-order valence-corrected chi connectivity index (χ1v) is 9.10. The molecule has 1 unspecified atom stereocenters. The number of halogens is 1. The third kappa shape index (κ3) is 2.64. The largest absolute Gasteiger partial charge is 0.296 e. The number of thiophene rings is 1. The lowest BCUT2D eigenvalue weighted by atomic mass is 9.89. The third-order valence-electron chi connectivity index (χ3n) is 4.26. The second-order valence-corrected chi connectivity index (χ2v) is 7.42. The van der Waals surface area contributed by atoms with Gasteiger partial charge in [0.15, 0.2) is 0 Å². The number of hydrogen-bond donors (Lipinski definition) is 0. The molecule has 2 aromatic rings. The van der Waals surface area contributed by atoms with Crippen molar-refractivity contribution in [2.45, 2.75) is 52.5 Å². The molecule has 3 rings (SSSR count). The summed E-state index contributed by atoms with van der Waals surface area (Å²) in [5.41, 5.74) is 1.42. The maximum absolute atomic E-state index is 12.9. The summed E-state index contributed by atoms with van der Waals surface area (Å²) in [7, 11) is 0. The normalized spacial score (nSPS) is 18.1. The molecule has 0 saturated carbocycles. The number of alkyl halides is 1. The molecule has 114 valence electrons.